The number of hydrogen-bond donors (Lipinski definition) is 1. The summed E-state index contributed by atoms with van der Waals surface area (Å²) in [6.07, 6.45) is 2.05. The van der Waals surface area contributed by atoms with Crippen molar-refractivity contribution in [1.29, 1.82) is 0 Å². The van der Waals surface area contributed by atoms with Gasteiger partial charge in [0, 0.05) is 12.6 Å². The predicted octanol–water partition coefficient (Wildman–Crippen LogP) is 1.94. The quantitative estimate of drug-likeness (QED) is 0.906. The van der Waals surface area contributed by atoms with Gasteiger partial charge in [-0.05, 0) is 18.9 Å². The molecule has 1 aromatic carbocycles. The summed E-state index contributed by atoms with van der Waals surface area (Å²) in [4.78, 5) is 16.2. The van der Waals surface area contributed by atoms with E-state index in [4.69, 9.17) is 0 Å². The smallest absolute Gasteiger partial charge is 0.244 e. The van der Waals surface area contributed by atoms with Gasteiger partial charge in [0.15, 0.2) is 10.9 Å². The number of carbonyl (C=O) groups excluding carboxylic acids is 1. The van der Waals surface area contributed by atoms with Gasteiger partial charge >= 0.3 is 0 Å². The van der Waals surface area contributed by atoms with Crippen LogP contribution in [0.1, 0.15) is 12.8 Å². The first-order valence-electron chi connectivity index (χ1n) is 6.79. The van der Waals surface area contributed by atoms with Crippen molar-refractivity contribution in [3.63, 3.8) is 0 Å². The van der Waals surface area contributed by atoms with Gasteiger partial charge in [-0.1, -0.05) is 11.3 Å². The molecule has 1 unspecified atom stereocenters. The third kappa shape index (κ3) is 3.19. The van der Waals surface area contributed by atoms with Crippen LogP contribution in [0.5, 0.6) is 0 Å². The van der Waals surface area contributed by atoms with Crippen LogP contribution in [0.25, 0.3) is 10.2 Å². The lowest BCUT2D eigenvalue weighted by atomic mass is 10.2. The first-order valence-corrected chi connectivity index (χ1v) is 9.45. The standard InChI is InChI=1S/C13H13F2N3O3S2/c1-23(20,21)18-4-2-3-9(18)12(19)17-13-16-11-8(15)5-7(14)6-10(11)22-13/h5-6,9H,2-4H2,1H3,(H,16,17,19). The number of carbonyl (C=O) groups is 1. The van der Waals surface area contributed by atoms with E-state index < -0.39 is 33.6 Å². The zero-order valence-corrected chi connectivity index (χ0v) is 13.7. The zero-order chi connectivity index (χ0) is 16.8. The Morgan fingerprint density at radius 2 is 2.17 bits per heavy atom. The Bertz CT molecular complexity index is 882. The van der Waals surface area contributed by atoms with Crippen LogP contribution >= 0.6 is 11.3 Å². The molecule has 0 spiro atoms. The minimum absolute atomic E-state index is 0.0295. The summed E-state index contributed by atoms with van der Waals surface area (Å²) in [6, 6.07) is 1.04. The Kier molecular flexibility index (Phi) is 4.07. The van der Waals surface area contributed by atoms with E-state index >= 15 is 0 Å². The van der Waals surface area contributed by atoms with Gasteiger partial charge in [0.05, 0.1) is 11.0 Å². The molecule has 1 N–H and O–H groups in total. The molecule has 1 amide bonds. The highest BCUT2D eigenvalue weighted by molar-refractivity contribution is 7.88. The van der Waals surface area contributed by atoms with Gasteiger partial charge in [-0.2, -0.15) is 4.31 Å². The molecule has 23 heavy (non-hydrogen) atoms. The monoisotopic (exact) mass is 361 g/mol. The normalized spacial score (nSPS) is 19.3. The van der Waals surface area contributed by atoms with E-state index in [0.29, 0.717) is 12.8 Å². The number of aromatic nitrogens is 1. The highest BCUT2D eigenvalue weighted by Gasteiger charge is 2.36. The van der Waals surface area contributed by atoms with Crippen molar-refractivity contribution in [2.75, 3.05) is 18.1 Å². The van der Waals surface area contributed by atoms with Crippen LogP contribution in [0.3, 0.4) is 0 Å². The number of rotatable bonds is 3. The number of nitrogens with one attached hydrogen (secondary N) is 1. The second kappa shape index (κ2) is 5.77. The van der Waals surface area contributed by atoms with E-state index in [9.17, 15) is 22.0 Å². The molecule has 124 valence electrons. The Morgan fingerprint density at radius 1 is 1.43 bits per heavy atom. The fourth-order valence-electron chi connectivity index (χ4n) is 2.60. The molecule has 1 aliphatic rings. The maximum absolute atomic E-state index is 13.6. The van der Waals surface area contributed by atoms with Gasteiger partial charge in [-0.3, -0.25) is 4.79 Å². The summed E-state index contributed by atoms with van der Waals surface area (Å²) in [5.74, 6) is -2.06. The van der Waals surface area contributed by atoms with E-state index in [-0.39, 0.29) is 21.9 Å². The summed E-state index contributed by atoms with van der Waals surface area (Å²) in [5.41, 5.74) is -0.0295. The number of amides is 1. The van der Waals surface area contributed by atoms with Crippen molar-refractivity contribution in [2.45, 2.75) is 18.9 Å². The van der Waals surface area contributed by atoms with Crippen molar-refractivity contribution in [3.8, 4) is 0 Å². The molecular formula is C13H13F2N3O3S2. The van der Waals surface area contributed by atoms with Crippen LogP contribution in [0, 0.1) is 11.6 Å². The molecule has 1 aliphatic heterocycles. The van der Waals surface area contributed by atoms with Gasteiger partial charge in [0.2, 0.25) is 15.9 Å². The van der Waals surface area contributed by atoms with Gasteiger partial charge in [-0.15, -0.1) is 0 Å². The number of thiazole rings is 1. The number of hydrogen-bond acceptors (Lipinski definition) is 5. The van der Waals surface area contributed by atoms with Crippen LogP contribution in [-0.4, -0.2) is 42.5 Å². The third-order valence-electron chi connectivity index (χ3n) is 3.58. The summed E-state index contributed by atoms with van der Waals surface area (Å²) < 4.78 is 51.5. The van der Waals surface area contributed by atoms with E-state index in [2.05, 4.69) is 10.3 Å². The second-order valence-corrected chi connectivity index (χ2v) is 8.24. The second-order valence-electron chi connectivity index (χ2n) is 5.27. The molecule has 10 heteroatoms. The summed E-state index contributed by atoms with van der Waals surface area (Å²) in [5, 5.41) is 2.60. The first-order chi connectivity index (χ1) is 10.8. The highest BCUT2D eigenvalue weighted by Crippen LogP contribution is 2.29. The molecule has 0 radical (unpaired) electrons. The molecule has 0 bridgehead atoms. The zero-order valence-electron chi connectivity index (χ0n) is 12.0. The van der Waals surface area contributed by atoms with Crippen molar-refractivity contribution < 1.29 is 22.0 Å². The number of benzene rings is 1. The minimum Gasteiger partial charge on any atom is -0.301 e. The molecule has 1 atom stereocenters. The van der Waals surface area contributed by atoms with Gasteiger partial charge in [0.25, 0.3) is 0 Å². The summed E-state index contributed by atoms with van der Waals surface area (Å²) in [7, 11) is -3.48. The van der Waals surface area contributed by atoms with Gasteiger partial charge in [0.1, 0.15) is 17.4 Å². The van der Waals surface area contributed by atoms with Crippen molar-refractivity contribution >= 4 is 42.6 Å². The average molecular weight is 361 g/mol. The van der Waals surface area contributed by atoms with E-state index in [1.807, 2.05) is 0 Å². The average Bonchev–Trinajstić information content (AvgIpc) is 3.03. The van der Waals surface area contributed by atoms with Crippen LogP contribution in [0.15, 0.2) is 12.1 Å². The van der Waals surface area contributed by atoms with E-state index in [0.717, 1.165) is 34.0 Å². The molecule has 6 nitrogen and oxygen atoms in total. The molecule has 0 aliphatic carbocycles. The van der Waals surface area contributed by atoms with Crippen molar-refractivity contribution in [2.24, 2.45) is 0 Å². The summed E-state index contributed by atoms with van der Waals surface area (Å²) >= 11 is 0.930. The number of nitrogens with zero attached hydrogens (tertiary/aromatic N) is 2. The fraction of sp³-hybridized carbons (Fsp3) is 0.385. The predicted molar refractivity (Wildman–Crippen MR) is 82.7 cm³/mol. The Balaban J connectivity index is 1.84. The van der Waals surface area contributed by atoms with Crippen LogP contribution in [0.4, 0.5) is 13.9 Å². The number of fused-ring (bicyclic) bond motifs is 1. The molecule has 3 rings (SSSR count). The molecule has 2 aromatic rings. The van der Waals surface area contributed by atoms with E-state index in [1.165, 1.54) is 0 Å². The summed E-state index contributed by atoms with van der Waals surface area (Å²) in [6.45, 7) is 0.288. The lowest BCUT2D eigenvalue weighted by Gasteiger charge is -2.20. The minimum atomic E-state index is -3.48. The Hall–Kier alpha value is -1.65. The number of sulfonamides is 1. The topological polar surface area (TPSA) is 79.4 Å². The van der Waals surface area contributed by atoms with Crippen LogP contribution in [-0.2, 0) is 14.8 Å². The molecule has 1 saturated heterocycles. The number of halogens is 2. The first kappa shape index (κ1) is 16.2. The number of anilines is 1. The molecule has 1 aromatic heterocycles. The lowest BCUT2D eigenvalue weighted by molar-refractivity contribution is -0.119. The maximum Gasteiger partial charge on any atom is 0.244 e. The largest absolute Gasteiger partial charge is 0.301 e. The Morgan fingerprint density at radius 3 is 2.87 bits per heavy atom. The molecule has 0 saturated carbocycles. The highest BCUT2D eigenvalue weighted by atomic mass is 32.2. The van der Waals surface area contributed by atoms with Crippen LogP contribution in [0.2, 0.25) is 0 Å². The van der Waals surface area contributed by atoms with Gasteiger partial charge < -0.3 is 5.32 Å². The Labute approximate surface area is 135 Å². The van der Waals surface area contributed by atoms with Crippen molar-refractivity contribution in [1.82, 2.24) is 9.29 Å². The van der Waals surface area contributed by atoms with Crippen LogP contribution < -0.4 is 5.32 Å². The van der Waals surface area contributed by atoms with E-state index in [1.54, 1.807) is 0 Å². The van der Waals surface area contributed by atoms with Gasteiger partial charge in [-0.25, -0.2) is 22.2 Å². The maximum atomic E-state index is 13.6. The SMILES string of the molecule is CS(=O)(=O)N1CCCC1C(=O)Nc1nc2c(F)cc(F)cc2s1. The molecule has 2 heterocycles. The third-order valence-corrected chi connectivity index (χ3v) is 5.78. The molecule has 1 fully saturated rings. The lowest BCUT2D eigenvalue weighted by Crippen LogP contribution is -2.42. The fourth-order valence-corrected chi connectivity index (χ4v) is 4.63. The molecular weight excluding hydrogens is 348 g/mol. The van der Waals surface area contributed by atoms with Crippen molar-refractivity contribution in [3.05, 3.63) is 23.8 Å².